The van der Waals surface area contributed by atoms with Gasteiger partial charge in [0.1, 0.15) is 0 Å². The molecule has 0 bridgehead atoms. The third-order valence-electron chi connectivity index (χ3n) is 1.89. The van der Waals surface area contributed by atoms with Gasteiger partial charge in [0.2, 0.25) is 0 Å². The lowest BCUT2D eigenvalue weighted by molar-refractivity contribution is 0.849. The van der Waals surface area contributed by atoms with Crippen molar-refractivity contribution < 1.29 is 0 Å². The van der Waals surface area contributed by atoms with Crippen molar-refractivity contribution in [2.75, 3.05) is 5.75 Å². The monoisotopic (exact) mass is 192 g/mol. The summed E-state index contributed by atoms with van der Waals surface area (Å²) in [6.45, 7) is 5.97. The van der Waals surface area contributed by atoms with Crippen LogP contribution in [0.25, 0.3) is 0 Å². The topological polar surface area (TPSA) is 0 Å². The molecule has 0 aromatic heterocycles. The van der Waals surface area contributed by atoms with Crippen molar-refractivity contribution in [1.29, 1.82) is 0 Å². The summed E-state index contributed by atoms with van der Waals surface area (Å²) in [5, 5.41) is 0. The van der Waals surface area contributed by atoms with Crippen LogP contribution in [0.5, 0.6) is 0 Å². The molecular weight excluding hydrogens is 176 g/mol. The van der Waals surface area contributed by atoms with Gasteiger partial charge in [-0.15, -0.1) is 6.58 Å². The Labute approximate surface area is 85.1 Å². The first kappa shape index (κ1) is 10.4. The fourth-order valence-corrected chi connectivity index (χ4v) is 2.06. The smallest absolute Gasteiger partial charge is 0.0184 e. The van der Waals surface area contributed by atoms with Gasteiger partial charge in [-0.3, -0.25) is 0 Å². The zero-order valence-corrected chi connectivity index (χ0v) is 8.89. The molecule has 0 radical (unpaired) electrons. The molecule has 1 atom stereocenters. The molecule has 0 heterocycles. The van der Waals surface area contributed by atoms with E-state index >= 15 is 0 Å². The van der Waals surface area contributed by atoms with Crippen molar-refractivity contribution in [2.45, 2.75) is 12.7 Å². The summed E-state index contributed by atoms with van der Waals surface area (Å²) in [4.78, 5) is 0. The van der Waals surface area contributed by atoms with Crippen molar-refractivity contribution in [3.63, 3.8) is 0 Å². The fraction of sp³-hybridized carbons (Fsp3) is 0.333. The number of hydrogen-bond acceptors (Lipinski definition) is 1. The fourth-order valence-electron chi connectivity index (χ4n) is 1.00. The number of benzene rings is 1. The van der Waals surface area contributed by atoms with Crippen molar-refractivity contribution in [3.05, 3.63) is 48.6 Å². The molecule has 1 aromatic carbocycles. The Morgan fingerprint density at radius 3 is 2.69 bits per heavy atom. The summed E-state index contributed by atoms with van der Waals surface area (Å²) in [6.07, 6.45) is 2.01. The van der Waals surface area contributed by atoms with Crippen LogP contribution in [-0.4, -0.2) is 5.75 Å². The van der Waals surface area contributed by atoms with Crippen LogP contribution >= 0.6 is 11.8 Å². The Morgan fingerprint density at radius 1 is 1.38 bits per heavy atom. The Bertz CT molecular complexity index is 241. The van der Waals surface area contributed by atoms with Gasteiger partial charge in [0.15, 0.2) is 0 Å². The number of thioether (sulfide) groups is 1. The molecule has 0 nitrogen and oxygen atoms in total. The van der Waals surface area contributed by atoms with Crippen LogP contribution in [0.15, 0.2) is 43.0 Å². The largest absolute Gasteiger partial charge is 0.157 e. The van der Waals surface area contributed by atoms with Crippen LogP contribution in [-0.2, 0) is 5.75 Å². The zero-order valence-electron chi connectivity index (χ0n) is 8.07. The second-order valence-corrected chi connectivity index (χ2v) is 4.24. The highest BCUT2D eigenvalue weighted by molar-refractivity contribution is 7.98. The third-order valence-corrected chi connectivity index (χ3v) is 3.19. The van der Waals surface area contributed by atoms with E-state index in [0.29, 0.717) is 5.92 Å². The maximum absolute atomic E-state index is 3.77. The lowest BCUT2D eigenvalue weighted by Gasteiger charge is -2.04. The number of rotatable bonds is 5. The molecule has 0 unspecified atom stereocenters. The Balaban J connectivity index is 2.24. The van der Waals surface area contributed by atoms with E-state index in [0.717, 1.165) is 5.75 Å². The van der Waals surface area contributed by atoms with Crippen LogP contribution in [0, 0.1) is 5.92 Å². The van der Waals surface area contributed by atoms with Gasteiger partial charge < -0.3 is 0 Å². The quantitative estimate of drug-likeness (QED) is 0.640. The molecule has 1 rings (SSSR count). The molecule has 1 aromatic rings. The van der Waals surface area contributed by atoms with E-state index in [4.69, 9.17) is 0 Å². The SMILES string of the molecule is C=C[C@@H](C)CSCc1ccccc1. The first-order valence-corrected chi connectivity index (χ1v) is 5.72. The predicted molar refractivity (Wildman–Crippen MR) is 62.0 cm³/mol. The van der Waals surface area contributed by atoms with Gasteiger partial charge >= 0.3 is 0 Å². The van der Waals surface area contributed by atoms with Gasteiger partial charge in [-0.05, 0) is 17.2 Å². The second kappa shape index (κ2) is 5.87. The average Bonchev–Trinajstić information content (AvgIpc) is 2.19. The van der Waals surface area contributed by atoms with Crippen LogP contribution in [0.3, 0.4) is 0 Å². The van der Waals surface area contributed by atoms with Crippen LogP contribution in [0.1, 0.15) is 12.5 Å². The molecule has 0 aliphatic rings. The summed E-state index contributed by atoms with van der Waals surface area (Å²) in [7, 11) is 0. The van der Waals surface area contributed by atoms with E-state index in [1.165, 1.54) is 11.3 Å². The molecule has 0 amide bonds. The Hall–Kier alpha value is -0.690. The third kappa shape index (κ3) is 4.18. The summed E-state index contributed by atoms with van der Waals surface area (Å²) < 4.78 is 0. The first-order valence-electron chi connectivity index (χ1n) is 4.57. The minimum atomic E-state index is 0.619. The molecule has 0 fully saturated rings. The van der Waals surface area contributed by atoms with Gasteiger partial charge in [0.05, 0.1) is 0 Å². The van der Waals surface area contributed by atoms with E-state index in [-0.39, 0.29) is 0 Å². The van der Waals surface area contributed by atoms with Crippen LogP contribution in [0.4, 0.5) is 0 Å². The van der Waals surface area contributed by atoms with Crippen LogP contribution < -0.4 is 0 Å². The maximum Gasteiger partial charge on any atom is 0.0184 e. The predicted octanol–water partition coefficient (Wildman–Crippen LogP) is 3.74. The van der Waals surface area contributed by atoms with Gasteiger partial charge in [-0.25, -0.2) is 0 Å². The first-order chi connectivity index (χ1) is 6.33. The summed E-state index contributed by atoms with van der Waals surface area (Å²) in [5.41, 5.74) is 1.41. The van der Waals surface area contributed by atoms with Crippen molar-refractivity contribution in [3.8, 4) is 0 Å². The molecule has 0 aliphatic heterocycles. The molecule has 0 N–H and O–H groups in total. The van der Waals surface area contributed by atoms with Crippen molar-refractivity contribution >= 4 is 11.8 Å². The highest BCUT2D eigenvalue weighted by Gasteiger charge is 1.96. The number of hydrogen-bond donors (Lipinski definition) is 0. The lowest BCUT2D eigenvalue weighted by atomic mass is 10.2. The van der Waals surface area contributed by atoms with Crippen LogP contribution in [0.2, 0.25) is 0 Å². The molecular formula is C12H16S. The zero-order chi connectivity index (χ0) is 9.52. The van der Waals surface area contributed by atoms with E-state index < -0.39 is 0 Å². The van der Waals surface area contributed by atoms with Gasteiger partial charge in [0.25, 0.3) is 0 Å². The van der Waals surface area contributed by atoms with Gasteiger partial charge in [-0.1, -0.05) is 43.3 Å². The van der Waals surface area contributed by atoms with E-state index in [1.54, 1.807) is 0 Å². The number of allylic oxidation sites excluding steroid dienone is 1. The highest BCUT2D eigenvalue weighted by atomic mass is 32.2. The lowest BCUT2D eigenvalue weighted by Crippen LogP contribution is -1.92. The molecule has 0 saturated heterocycles. The standard InChI is InChI=1S/C12H16S/c1-3-11(2)9-13-10-12-7-5-4-6-8-12/h3-8,11H,1,9-10H2,2H3/t11-/m1/s1. The molecule has 0 saturated carbocycles. The van der Waals surface area contributed by atoms with E-state index in [9.17, 15) is 0 Å². The summed E-state index contributed by atoms with van der Waals surface area (Å²) >= 11 is 1.97. The molecule has 0 spiro atoms. The minimum Gasteiger partial charge on any atom is -0.157 e. The Morgan fingerprint density at radius 2 is 2.08 bits per heavy atom. The molecule has 0 aliphatic carbocycles. The molecule has 13 heavy (non-hydrogen) atoms. The average molecular weight is 192 g/mol. The van der Waals surface area contributed by atoms with Crippen molar-refractivity contribution in [1.82, 2.24) is 0 Å². The molecule has 70 valence electrons. The summed E-state index contributed by atoms with van der Waals surface area (Å²) in [5.74, 6) is 2.89. The Kier molecular flexibility index (Phi) is 4.69. The van der Waals surface area contributed by atoms with E-state index in [2.05, 4.69) is 43.8 Å². The highest BCUT2D eigenvalue weighted by Crippen LogP contribution is 2.15. The molecule has 1 heteroatoms. The van der Waals surface area contributed by atoms with Gasteiger partial charge in [0, 0.05) is 5.75 Å². The van der Waals surface area contributed by atoms with Gasteiger partial charge in [-0.2, -0.15) is 11.8 Å². The van der Waals surface area contributed by atoms with Crippen molar-refractivity contribution in [2.24, 2.45) is 5.92 Å². The second-order valence-electron chi connectivity index (χ2n) is 3.21. The van der Waals surface area contributed by atoms with E-state index in [1.807, 2.05) is 17.8 Å². The normalized spacial score (nSPS) is 12.4. The minimum absolute atomic E-state index is 0.619. The maximum atomic E-state index is 3.77. The summed E-state index contributed by atoms with van der Waals surface area (Å²) in [6, 6.07) is 10.6.